The molecule has 2 fully saturated rings. The molecule has 0 aromatic rings. The number of hydrogen-bond acceptors (Lipinski definition) is 4. The number of nitrogens with two attached hydrogens (primary N) is 1. The number of morpholine rings is 1. The normalized spacial score (nSPS) is 27.1. The van der Waals surface area contributed by atoms with Crippen molar-refractivity contribution in [3.63, 3.8) is 0 Å². The number of ether oxygens (including phenoxy) is 2. The molecule has 1 unspecified atom stereocenters. The van der Waals surface area contributed by atoms with Crippen LogP contribution in [0.3, 0.4) is 0 Å². The second-order valence-corrected chi connectivity index (χ2v) is 4.72. The van der Waals surface area contributed by atoms with Crippen LogP contribution in [-0.2, 0) is 14.3 Å². The summed E-state index contributed by atoms with van der Waals surface area (Å²) in [6.45, 7) is 4.01. The first-order chi connectivity index (χ1) is 8.33. The van der Waals surface area contributed by atoms with Crippen LogP contribution in [0.1, 0.15) is 19.3 Å². The summed E-state index contributed by atoms with van der Waals surface area (Å²) in [7, 11) is 0. The van der Waals surface area contributed by atoms with Gasteiger partial charge in [-0.1, -0.05) is 0 Å². The van der Waals surface area contributed by atoms with Gasteiger partial charge in [0.2, 0.25) is 5.91 Å². The second-order valence-electron chi connectivity index (χ2n) is 4.72. The molecule has 1 atom stereocenters. The molecule has 2 heterocycles. The predicted molar refractivity (Wildman–Crippen MR) is 63.5 cm³/mol. The number of hydrogen-bond donors (Lipinski definition) is 1. The minimum atomic E-state index is 0.141. The second kappa shape index (κ2) is 6.33. The van der Waals surface area contributed by atoms with E-state index in [-0.39, 0.29) is 17.9 Å². The van der Waals surface area contributed by atoms with Crippen LogP contribution in [0.4, 0.5) is 0 Å². The van der Waals surface area contributed by atoms with Crippen molar-refractivity contribution in [2.45, 2.75) is 25.3 Å². The Hall–Kier alpha value is -0.650. The van der Waals surface area contributed by atoms with Gasteiger partial charge in [0, 0.05) is 25.7 Å². The van der Waals surface area contributed by atoms with Gasteiger partial charge in [0.25, 0.3) is 0 Å². The first-order valence-corrected chi connectivity index (χ1v) is 6.49. The molecular weight excluding hydrogens is 220 g/mol. The Morgan fingerprint density at radius 1 is 1.24 bits per heavy atom. The van der Waals surface area contributed by atoms with Crippen molar-refractivity contribution in [3.8, 4) is 0 Å². The van der Waals surface area contributed by atoms with Gasteiger partial charge in [-0.2, -0.15) is 0 Å². The summed E-state index contributed by atoms with van der Waals surface area (Å²) in [6, 6.07) is 0.170. The molecule has 2 N–H and O–H groups in total. The summed E-state index contributed by atoms with van der Waals surface area (Å²) in [4.78, 5) is 14.4. The highest BCUT2D eigenvalue weighted by molar-refractivity contribution is 5.79. The van der Waals surface area contributed by atoms with E-state index in [4.69, 9.17) is 15.2 Å². The standard InChI is InChI=1S/C12H22N2O3/c13-4-1-11-9-17-8-5-14(11)12(15)10-2-6-16-7-3-10/h10-11H,1-9,13H2. The van der Waals surface area contributed by atoms with Crippen molar-refractivity contribution in [1.29, 1.82) is 0 Å². The van der Waals surface area contributed by atoms with Crippen LogP contribution < -0.4 is 5.73 Å². The van der Waals surface area contributed by atoms with Crippen molar-refractivity contribution in [3.05, 3.63) is 0 Å². The van der Waals surface area contributed by atoms with E-state index >= 15 is 0 Å². The summed E-state index contributed by atoms with van der Waals surface area (Å²) < 4.78 is 10.7. The SMILES string of the molecule is NCCC1COCCN1C(=O)C1CCOCC1. The third-order valence-corrected chi connectivity index (χ3v) is 3.58. The first kappa shape index (κ1) is 12.8. The Morgan fingerprint density at radius 3 is 2.71 bits per heavy atom. The maximum atomic E-state index is 12.4. The van der Waals surface area contributed by atoms with Crippen LogP contribution in [0.25, 0.3) is 0 Å². The summed E-state index contributed by atoms with van der Waals surface area (Å²) >= 11 is 0. The number of amides is 1. The lowest BCUT2D eigenvalue weighted by atomic mass is 9.97. The minimum absolute atomic E-state index is 0.141. The summed E-state index contributed by atoms with van der Waals surface area (Å²) in [5, 5.41) is 0. The Labute approximate surface area is 102 Å². The van der Waals surface area contributed by atoms with Crippen molar-refractivity contribution < 1.29 is 14.3 Å². The van der Waals surface area contributed by atoms with Gasteiger partial charge in [-0.3, -0.25) is 4.79 Å². The topological polar surface area (TPSA) is 64.8 Å². The van der Waals surface area contributed by atoms with E-state index in [1.54, 1.807) is 0 Å². The molecule has 0 aliphatic carbocycles. The molecule has 2 aliphatic rings. The van der Waals surface area contributed by atoms with E-state index in [0.29, 0.717) is 39.5 Å². The molecule has 2 aliphatic heterocycles. The van der Waals surface area contributed by atoms with Gasteiger partial charge in [-0.05, 0) is 25.8 Å². The van der Waals surface area contributed by atoms with Crippen LogP contribution in [0.5, 0.6) is 0 Å². The Bertz CT molecular complexity index is 252. The quantitative estimate of drug-likeness (QED) is 0.756. The van der Waals surface area contributed by atoms with E-state index in [2.05, 4.69) is 0 Å². The molecule has 1 amide bonds. The fraction of sp³-hybridized carbons (Fsp3) is 0.917. The molecule has 2 saturated heterocycles. The summed E-state index contributed by atoms with van der Waals surface area (Å²) in [5.74, 6) is 0.414. The molecule has 0 aromatic heterocycles. The highest BCUT2D eigenvalue weighted by Crippen LogP contribution is 2.21. The zero-order valence-electron chi connectivity index (χ0n) is 10.3. The number of carbonyl (C=O) groups is 1. The van der Waals surface area contributed by atoms with Gasteiger partial charge in [0.15, 0.2) is 0 Å². The minimum Gasteiger partial charge on any atom is -0.381 e. The van der Waals surface area contributed by atoms with Gasteiger partial charge in [-0.25, -0.2) is 0 Å². The fourth-order valence-corrected chi connectivity index (χ4v) is 2.56. The highest BCUT2D eigenvalue weighted by Gasteiger charge is 2.32. The molecule has 5 heteroatoms. The first-order valence-electron chi connectivity index (χ1n) is 6.49. The van der Waals surface area contributed by atoms with Gasteiger partial charge in [0.1, 0.15) is 0 Å². The average molecular weight is 242 g/mol. The molecule has 0 spiro atoms. The predicted octanol–water partition coefficient (Wildman–Crippen LogP) is -0.0108. The number of rotatable bonds is 3. The molecule has 0 radical (unpaired) electrons. The molecule has 0 aromatic carbocycles. The average Bonchev–Trinajstić information content (AvgIpc) is 2.40. The Kier molecular flexibility index (Phi) is 4.76. The molecule has 5 nitrogen and oxygen atoms in total. The molecule has 2 rings (SSSR count). The van der Waals surface area contributed by atoms with E-state index in [1.807, 2.05) is 4.90 Å². The van der Waals surface area contributed by atoms with E-state index < -0.39 is 0 Å². The zero-order valence-corrected chi connectivity index (χ0v) is 10.3. The van der Waals surface area contributed by atoms with Crippen molar-refractivity contribution in [2.75, 3.05) is 39.5 Å². The van der Waals surface area contributed by atoms with Gasteiger partial charge < -0.3 is 20.1 Å². The lowest BCUT2D eigenvalue weighted by molar-refractivity contribution is -0.147. The van der Waals surface area contributed by atoms with E-state index in [0.717, 1.165) is 19.3 Å². The maximum Gasteiger partial charge on any atom is 0.226 e. The van der Waals surface area contributed by atoms with Crippen LogP contribution in [0, 0.1) is 5.92 Å². The third kappa shape index (κ3) is 3.18. The van der Waals surface area contributed by atoms with E-state index in [9.17, 15) is 4.79 Å². The lowest BCUT2D eigenvalue weighted by Gasteiger charge is -2.38. The zero-order chi connectivity index (χ0) is 12.1. The maximum absolute atomic E-state index is 12.4. The van der Waals surface area contributed by atoms with Gasteiger partial charge >= 0.3 is 0 Å². The van der Waals surface area contributed by atoms with Crippen LogP contribution in [-0.4, -0.2) is 56.4 Å². The summed E-state index contributed by atoms with van der Waals surface area (Å²) in [5.41, 5.74) is 5.59. The van der Waals surface area contributed by atoms with Crippen molar-refractivity contribution >= 4 is 5.91 Å². The Morgan fingerprint density at radius 2 is 2.00 bits per heavy atom. The van der Waals surface area contributed by atoms with Crippen LogP contribution in [0.2, 0.25) is 0 Å². The van der Waals surface area contributed by atoms with E-state index in [1.165, 1.54) is 0 Å². The van der Waals surface area contributed by atoms with Crippen molar-refractivity contribution in [1.82, 2.24) is 4.90 Å². The number of carbonyl (C=O) groups excluding carboxylic acids is 1. The van der Waals surface area contributed by atoms with Crippen LogP contribution in [0.15, 0.2) is 0 Å². The molecule has 0 saturated carbocycles. The largest absolute Gasteiger partial charge is 0.381 e. The number of nitrogens with zero attached hydrogens (tertiary/aromatic N) is 1. The molecule has 98 valence electrons. The smallest absolute Gasteiger partial charge is 0.226 e. The van der Waals surface area contributed by atoms with Gasteiger partial charge in [-0.15, -0.1) is 0 Å². The van der Waals surface area contributed by atoms with Crippen molar-refractivity contribution in [2.24, 2.45) is 11.7 Å². The Balaban J connectivity index is 1.94. The molecule has 17 heavy (non-hydrogen) atoms. The molecular formula is C12H22N2O3. The van der Waals surface area contributed by atoms with Crippen LogP contribution >= 0.6 is 0 Å². The fourth-order valence-electron chi connectivity index (χ4n) is 2.56. The molecule has 0 bridgehead atoms. The lowest BCUT2D eigenvalue weighted by Crippen LogP contribution is -2.52. The monoisotopic (exact) mass is 242 g/mol. The highest BCUT2D eigenvalue weighted by atomic mass is 16.5. The summed E-state index contributed by atoms with van der Waals surface area (Å²) in [6.07, 6.45) is 2.53. The third-order valence-electron chi connectivity index (χ3n) is 3.58. The van der Waals surface area contributed by atoms with Gasteiger partial charge in [0.05, 0.1) is 19.3 Å².